The summed E-state index contributed by atoms with van der Waals surface area (Å²) in [7, 11) is 0. The van der Waals surface area contributed by atoms with Crippen molar-refractivity contribution >= 4 is 23.0 Å². The predicted molar refractivity (Wildman–Crippen MR) is 191 cm³/mol. The molecule has 0 bridgehead atoms. The quantitative estimate of drug-likeness (QED) is 0.149. The number of anilines is 2. The maximum atomic E-state index is 15.0. The van der Waals surface area contributed by atoms with Gasteiger partial charge in [0.1, 0.15) is 42.0 Å². The van der Waals surface area contributed by atoms with Gasteiger partial charge >= 0.3 is 5.69 Å². The molecular weight excluding hydrogens is 678 g/mol. The molecule has 7 rings (SSSR count). The fraction of sp³-hybridized carbons (Fsp3) is 0.405. The van der Waals surface area contributed by atoms with Crippen LogP contribution in [0.2, 0.25) is 0 Å². The predicted octanol–water partition coefficient (Wildman–Crippen LogP) is 5.82. The average molecular weight is 719 g/mol. The second-order valence-corrected chi connectivity index (χ2v) is 14.0. The van der Waals surface area contributed by atoms with E-state index >= 15 is 0 Å². The van der Waals surface area contributed by atoms with Crippen molar-refractivity contribution in [2.45, 2.75) is 50.3 Å². The Morgan fingerprint density at radius 2 is 1.61 bits per heavy atom. The molecule has 0 aliphatic carbocycles. The van der Waals surface area contributed by atoms with Gasteiger partial charge < -0.3 is 19.3 Å². The zero-order valence-corrected chi connectivity index (χ0v) is 29.4. The first-order valence-corrected chi connectivity index (χ1v) is 17.7. The molecule has 4 heterocycles. The number of alkyl halides is 1. The lowest BCUT2D eigenvalue weighted by atomic mass is 9.87. The zero-order chi connectivity index (χ0) is 35.5. The number of benzene rings is 3. The monoisotopic (exact) mass is 718 g/mol. The summed E-state index contributed by atoms with van der Waals surface area (Å²) in [6, 6.07) is 19.5. The van der Waals surface area contributed by atoms with Gasteiger partial charge in [-0.1, -0.05) is 13.0 Å². The number of ether oxygens (including phenoxy) is 2. The third-order valence-corrected chi connectivity index (χ3v) is 10.2. The van der Waals surface area contributed by atoms with E-state index in [1.807, 2.05) is 50.2 Å². The topological polar surface area (TPSA) is 95.5 Å². The van der Waals surface area contributed by atoms with Gasteiger partial charge in [0.15, 0.2) is 0 Å². The molecule has 14 heteroatoms. The zero-order valence-electron chi connectivity index (χ0n) is 28.6. The second kappa shape index (κ2) is 14.8. The molecule has 0 saturated carbocycles. The summed E-state index contributed by atoms with van der Waals surface area (Å²) in [6.45, 7) is 8.31. The summed E-state index contributed by atoms with van der Waals surface area (Å²) in [4.78, 5) is 21.7. The van der Waals surface area contributed by atoms with Crippen LogP contribution in [-0.2, 0) is 16.9 Å². The Bertz CT molecular complexity index is 1960. The fourth-order valence-electron chi connectivity index (χ4n) is 7.21. The van der Waals surface area contributed by atoms with Crippen LogP contribution in [0, 0.1) is 17.6 Å². The first-order valence-electron chi connectivity index (χ1n) is 17.3. The highest BCUT2D eigenvalue weighted by molar-refractivity contribution is 6.20. The van der Waals surface area contributed by atoms with Crippen LogP contribution in [0.5, 0.6) is 5.75 Å². The summed E-state index contributed by atoms with van der Waals surface area (Å²) >= 11 is 6.30. The number of hydrogen-bond acceptors (Lipinski definition) is 8. The van der Waals surface area contributed by atoms with Crippen molar-refractivity contribution in [1.29, 1.82) is 0 Å². The summed E-state index contributed by atoms with van der Waals surface area (Å²) in [6.07, 6.45) is 5.74. The van der Waals surface area contributed by atoms with E-state index in [9.17, 15) is 13.6 Å². The molecule has 51 heavy (non-hydrogen) atoms. The third kappa shape index (κ3) is 7.36. The number of nitrogens with zero attached hydrogens (tertiary/aromatic N) is 8. The molecule has 5 aromatic rings. The van der Waals surface area contributed by atoms with Gasteiger partial charge in [0, 0.05) is 55.1 Å². The van der Waals surface area contributed by atoms with Crippen molar-refractivity contribution in [2.75, 3.05) is 49.2 Å². The van der Waals surface area contributed by atoms with Crippen LogP contribution >= 0.6 is 11.6 Å². The minimum atomic E-state index is -1.02. The summed E-state index contributed by atoms with van der Waals surface area (Å²) in [5.74, 6) is -0.547. The van der Waals surface area contributed by atoms with Gasteiger partial charge in [-0.2, -0.15) is 10.2 Å². The number of halogens is 3. The molecule has 3 aromatic carbocycles. The van der Waals surface area contributed by atoms with E-state index in [1.54, 1.807) is 21.9 Å². The first-order chi connectivity index (χ1) is 24.7. The van der Waals surface area contributed by atoms with Crippen LogP contribution in [-0.4, -0.2) is 73.9 Å². The molecule has 0 radical (unpaired) electrons. The van der Waals surface area contributed by atoms with E-state index in [2.05, 4.69) is 37.1 Å². The Kier molecular flexibility index (Phi) is 10.1. The van der Waals surface area contributed by atoms with Gasteiger partial charge in [0.05, 0.1) is 36.9 Å². The van der Waals surface area contributed by atoms with E-state index in [0.29, 0.717) is 25.2 Å². The smallest absolute Gasteiger partial charge is 0.350 e. The minimum Gasteiger partial charge on any atom is -0.493 e. The van der Waals surface area contributed by atoms with E-state index in [-0.39, 0.29) is 29.6 Å². The lowest BCUT2D eigenvalue weighted by molar-refractivity contribution is -0.0206. The Labute approximate surface area is 300 Å². The molecule has 2 aromatic heterocycles. The third-order valence-electron chi connectivity index (χ3n) is 9.94. The minimum absolute atomic E-state index is 0.00780. The van der Waals surface area contributed by atoms with Gasteiger partial charge in [-0.25, -0.2) is 32.5 Å². The van der Waals surface area contributed by atoms with Crippen LogP contribution in [0.4, 0.5) is 20.2 Å². The van der Waals surface area contributed by atoms with Gasteiger partial charge in [-0.3, -0.25) is 0 Å². The van der Waals surface area contributed by atoms with Crippen molar-refractivity contribution in [2.24, 2.45) is 5.92 Å². The van der Waals surface area contributed by atoms with Crippen molar-refractivity contribution in [3.05, 3.63) is 113 Å². The highest BCUT2D eigenvalue weighted by Gasteiger charge is 2.44. The number of hydrogen-bond donors (Lipinski definition) is 0. The molecular formula is C37H41ClF2N8O3. The molecule has 2 saturated heterocycles. The molecule has 4 atom stereocenters. The van der Waals surface area contributed by atoms with Crippen LogP contribution in [0.3, 0.4) is 0 Å². The van der Waals surface area contributed by atoms with Crippen LogP contribution in [0.1, 0.15) is 38.3 Å². The van der Waals surface area contributed by atoms with E-state index in [1.165, 1.54) is 23.1 Å². The molecule has 1 unspecified atom stereocenters. The lowest BCUT2D eigenvalue weighted by Gasteiger charge is -2.37. The van der Waals surface area contributed by atoms with Gasteiger partial charge in [-0.05, 0) is 74.4 Å². The van der Waals surface area contributed by atoms with Gasteiger partial charge in [0.2, 0.25) is 0 Å². The highest BCUT2D eigenvalue weighted by Crippen LogP contribution is 2.42. The van der Waals surface area contributed by atoms with Crippen LogP contribution in [0.15, 0.2) is 90.5 Å². The summed E-state index contributed by atoms with van der Waals surface area (Å²) in [5, 5.41) is 8.31. The molecule has 0 spiro atoms. The largest absolute Gasteiger partial charge is 0.493 e. The summed E-state index contributed by atoms with van der Waals surface area (Å²) < 4.78 is 45.7. The molecule has 2 aliphatic rings. The Hall–Kier alpha value is -4.75. The Morgan fingerprint density at radius 3 is 2.22 bits per heavy atom. The SMILES string of the molecule is CC[C@@H](C(C)Cl)n1ncn(-c2ccc(N3CCN(c4ccc(OC[C@@H]5CO[C@@](Cn6cncn6)(c6ccc(F)cc6F)C5)cc4)CC3)cc2)c1=O. The average Bonchev–Trinajstić information content (AvgIpc) is 3.90. The molecule has 11 nitrogen and oxygen atoms in total. The van der Waals surface area contributed by atoms with Crippen molar-refractivity contribution in [1.82, 2.24) is 29.1 Å². The van der Waals surface area contributed by atoms with E-state index < -0.39 is 17.2 Å². The van der Waals surface area contributed by atoms with Gasteiger partial charge in [-0.15, -0.1) is 11.6 Å². The Balaban J connectivity index is 0.923. The molecule has 268 valence electrons. The Morgan fingerprint density at radius 1 is 0.941 bits per heavy atom. The van der Waals surface area contributed by atoms with Crippen molar-refractivity contribution < 1.29 is 18.3 Å². The van der Waals surface area contributed by atoms with Gasteiger partial charge in [0.25, 0.3) is 0 Å². The summed E-state index contributed by atoms with van der Waals surface area (Å²) in [5.41, 5.74) is 2.08. The molecule has 2 aliphatic heterocycles. The second-order valence-electron chi connectivity index (χ2n) is 13.3. The first kappa shape index (κ1) is 34.7. The standard InChI is InChI=1S/C37H41ClF2N8O3/c1-3-35(26(2)38)48-36(49)47(25-43-48)31-7-5-29(6-8-31)44-14-16-45(17-15-44)30-9-11-32(12-10-30)50-20-27-19-37(51-21-27,22-46-24-41-23-42-46)33-13-4-28(39)18-34(33)40/h4-13,18,23-27,35H,3,14-17,19-22H2,1-2H3/t26?,27-,35+,37+/m1/s1. The van der Waals surface area contributed by atoms with Crippen LogP contribution in [0.25, 0.3) is 5.69 Å². The fourth-order valence-corrected chi connectivity index (χ4v) is 7.50. The normalized spacial score (nSPS) is 20.5. The van der Waals surface area contributed by atoms with E-state index in [0.717, 1.165) is 61.5 Å². The molecule has 0 amide bonds. The molecule has 2 fully saturated rings. The lowest BCUT2D eigenvalue weighted by Crippen LogP contribution is -2.46. The number of piperazine rings is 1. The molecule has 0 N–H and O–H groups in total. The number of aromatic nitrogens is 6. The van der Waals surface area contributed by atoms with Crippen molar-refractivity contribution in [3.8, 4) is 11.4 Å². The maximum absolute atomic E-state index is 15.0. The van der Waals surface area contributed by atoms with E-state index in [4.69, 9.17) is 21.1 Å². The highest BCUT2D eigenvalue weighted by atomic mass is 35.5. The van der Waals surface area contributed by atoms with Crippen molar-refractivity contribution in [3.63, 3.8) is 0 Å². The van der Waals surface area contributed by atoms with Crippen LogP contribution < -0.4 is 20.2 Å². The number of rotatable bonds is 12. The maximum Gasteiger partial charge on any atom is 0.350 e.